The zero-order valence-electron chi connectivity index (χ0n) is 20.9. The number of carbonyl (C=O) groups excluding carboxylic acids is 2. The molecule has 1 aromatic rings. The van der Waals surface area contributed by atoms with Crippen molar-refractivity contribution in [2.75, 3.05) is 26.7 Å². The second kappa shape index (κ2) is 12.3. The van der Waals surface area contributed by atoms with Crippen LogP contribution in [0.15, 0.2) is 24.3 Å². The predicted octanol–water partition coefficient (Wildman–Crippen LogP) is 4.55. The number of amides is 2. The molecule has 0 unspecified atom stereocenters. The van der Waals surface area contributed by atoms with Gasteiger partial charge < -0.3 is 15.0 Å². The molecule has 7 heteroatoms. The van der Waals surface area contributed by atoms with E-state index in [1.54, 1.807) is 7.11 Å². The fourth-order valence-electron chi connectivity index (χ4n) is 6.00. The van der Waals surface area contributed by atoms with Crippen LogP contribution < -0.4 is 10.1 Å². The molecular weight excluding hydrogens is 450 g/mol. The van der Waals surface area contributed by atoms with Gasteiger partial charge in [0.1, 0.15) is 17.3 Å². The molecule has 2 amide bonds. The average molecular weight is 492 g/mol. The number of likely N-dealkylation sites (tertiary alicyclic amines) is 1. The fraction of sp³-hybridized carbons (Fsp3) is 0.704. The van der Waals surface area contributed by atoms with Crippen molar-refractivity contribution in [1.29, 1.82) is 0 Å². The van der Waals surface area contributed by atoms with Gasteiger partial charge in [-0.05, 0) is 49.3 Å². The molecule has 2 aliphatic heterocycles. The van der Waals surface area contributed by atoms with Crippen molar-refractivity contribution in [3.8, 4) is 5.75 Å². The van der Waals surface area contributed by atoms with Crippen LogP contribution >= 0.6 is 12.4 Å². The molecule has 1 atom stereocenters. The van der Waals surface area contributed by atoms with Crippen LogP contribution in [0.2, 0.25) is 0 Å². The number of unbranched alkanes of at least 4 members (excludes halogenated alkanes) is 1. The first-order valence-electron chi connectivity index (χ1n) is 13.0. The van der Waals surface area contributed by atoms with Gasteiger partial charge in [-0.25, -0.2) is 0 Å². The van der Waals surface area contributed by atoms with Crippen LogP contribution in [0.3, 0.4) is 0 Å². The summed E-state index contributed by atoms with van der Waals surface area (Å²) in [5.41, 5.74) is 0.567. The van der Waals surface area contributed by atoms with Crippen molar-refractivity contribution in [3.05, 3.63) is 29.8 Å². The first-order chi connectivity index (χ1) is 16.1. The van der Waals surface area contributed by atoms with Crippen LogP contribution in [0.25, 0.3) is 0 Å². The van der Waals surface area contributed by atoms with E-state index in [9.17, 15) is 9.59 Å². The van der Waals surface area contributed by atoms with E-state index in [0.29, 0.717) is 25.3 Å². The summed E-state index contributed by atoms with van der Waals surface area (Å²) in [4.78, 5) is 31.6. The number of rotatable bonds is 8. The van der Waals surface area contributed by atoms with E-state index in [0.717, 1.165) is 44.6 Å². The lowest BCUT2D eigenvalue weighted by molar-refractivity contribution is -0.162. The molecule has 1 aromatic carbocycles. The first-order valence-corrected chi connectivity index (χ1v) is 13.0. The highest BCUT2D eigenvalue weighted by atomic mass is 35.5. The van der Waals surface area contributed by atoms with E-state index in [1.807, 2.05) is 17.0 Å². The monoisotopic (exact) mass is 491 g/mol. The maximum Gasteiger partial charge on any atom is 0.246 e. The van der Waals surface area contributed by atoms with Gasteiger partial charge in [-0.1, -0.05) is 57.6 Å². The summed E-state index contributed by atoms with van der Waals surface area (Å²) >= 11 is 0. The van der Waals surface area contributed by atoms with Crippen LogP contribution in [0.5, 0.6) is 5.75 Å². The van der Waals surface area contributed by atoms with Crippen molar-refractivity contribution < 1.29 is 14.3 Å². The second-order valence-corrected chi connectivity index (χ2v) is 10.3. The number of hydrogen-bond donors (Lipinski definition) is 1. The van der Waals surface area contributed by atoms with Crippen molar-refractivity contribution in [3.63, 3.8) is 0 Å². The third kappa shape index (κ3) is 5.88. The lowest BCUT2D eigenvalue weighted by atomic mass is 9.79. The van der Waals surface area contributed by atoms with Gasteiger partial charge in [-0.15, -0.1) is 12.4 Å². The molecular formula is C27H42ClN3O3. The fourth-order valence-corrected chi connectivity index (χ4v) is 6.00. The largest absolute Gasteiger partial charge is 0.497 e. The Labute approximate surface area is 211 Å². The minimum atomic E-state index is -0.675. The Morgan fingerprint density at radius 2 is 1.74 bits per heavy atom. The van der Waals surface area contributed by atoms with Crippen LogP contribution in [-0.4, -0.2) is 59.9 Å². The summed E-state index contributed by atoms with van der Waals surface area (Å²) in [5, 5.41) is 3.20. The Kier molecular flexibility index (Phi) is 9.66. The van der Waals surface area contributed by atoms with Crippen molar-refractivity contribution in [1.82, 2.24) is 15.1 Å². The number of benzene rings is 1. The number of ether oxygens (including phenoxy) is 1. The van der Waals surface area contributed by atoms with Gasteiger partial charge in [-0.2, -0.15) is 0 Å². The normalized spacial score (nSPS) is 23.5. The summed E-state index contributed by atoms with van der Waals surface area (Å²) in [6.45, 7) is 5.35. The maximum atomic E-state index is 13.6. The van der Waals surface area contributed by atoms with E-state index in [-0.39, 0.29) is 30.3 Å². The molecule has 0 aromatic heterocycles. The third-order valence-corrected chi connectivity index (χ3v) is 8.09. The Morgan fingerprint density at radius 3 is 2.35 bits per heavy atom. The zero-order chi connectivity index (χ0) is 23.3. The lowest BCUT2D eigenvalue weighted by Crippen LogP contribution is -2.73. The summed E-state index contributed by atoms with van der Waals surface area (Å²) in [5.74, 6) is 1.69. The molecule has 190 valence electrons. The highest BCUT2D eigenvalue weighted by molar-refractivity contribution is 6.00. The van der Waals surface area contributed by atoms with Gasteiger partial charge in [-0.3, -0.25) is 14.5 Å². The maximum absolute atomic E-state index is 13.6. The SMILES string of the molecule is CCCCN1C(=O)[C@H](CC2CCCCC2)NC(=O)C12CCN(Cc1ccc(OC)cc1)CC2.Cl. The number of nitrogens with one attached hydrogen (secondary N) is 1. The van der Waals surface area contributed by atoms with Crippen LogP contribution in [-0.2, 0) is 16.1 Å². The molecule has 2 heterocycles. The quantitative estimate of drug-likeness (QED) is 0.579. The minimum absolute atomic E-state index is 0. The number of nitrogens with zero attached hydrogens (tertiary/aromatic N) is 2. The van der Waals surface area contributed by atoms with E-state index in [1.165, 1.54) is 37.7 Å². The first kappa shape index (κ1) is 26.8. The van der Waals surface area contributed by atoms with Crippen LogP contribution in [0.4, 0.5) is 0 Å². The zero-order valence-corrected chi connectivity index (χ0v) is 21.7. The number of methoxy groups -OCH3 is 1. The molecule has 0 radical (unpaired) electrons. The van der Waals surface area contributed by atoms with Crippen LogP contribution in [0.1, 0.15) is 76.7 Å². The summed E-state index contributed by atoms with van der Waals surface area (Å²) < 4.78 is 5.26. The molecule has 1 saturated carbocycles. The molecule has 34 heavy (non-hydrogen) atoms. The van der Waals surface area contributed by atoms with Gasteiger partial charge in [0.15, 0.2) is 0 Å². The molecule has 6 nitrogen and oxygen atoms in total. The standard InChI is InChI=1S/C27H41N3O3.ClH/c1-3-4-16-30-25(31)24(19-21-8-6-5-7-9-21)28-26(32)27(30)14-17-29(18-15-27)20-22-10-12-23(33-2)13-11-22;/h10-13,21,24H,3-9,14-20H2,1-2H3,(H,28,32);1H/t24-;/m0./s1. The van der Waals surface area contributed by atoms with Crippen LogP contribution in [0, 0.1) is 5.92 Å². The molecule has 0 bridgehead atoms. The Balaban J connectivity index is 0.00000324. The number of piperidine rings is 1. The summed E-state index contributed by atoms with van der Waals surface area (Å²) in [6.07, 6.45) is 10.4. The highest BCUT2D eigenvalue weighted by Crippen LogP contribution is 2.36. The van der Waals surface area contributed by atoms with Gasteiger partial charge >= 0.3 is 0 Å². The topological polar surface area (TPSA) is 61.9 Å². The summed E-state index contributed by atoms with van der Waals surface area (Å²) in [7, 11) is 1.68. The Morgan fingerprint density at radius 1 is 1.06 bits per heavy atom. The van der Waals surface area contributed by atoms with Crippen molar-refractivity contribution >= 4 is 24.2 Å². The molecule has 2 saturated heterocycles. The number of carbonyl (C=O) groups is 2. The third-order valence-electron chi connectivity index (χ3n) is 8.09. The molecule has 1 spiro atoms. The van der Waals surface area contributed by atoms with Crippen molar-refractivity contribution in [2.24, 2.45) is 5.92 Å². The molecule has 1 aliphatic carbocycles. The van der Waals surface area contributed by atoms with E-state index < -0.39 is 5.54 Å². The van der Waals surface area contributed by atoms with Gasteiger partial charge in [0, 0.05) is 26.2 Å². The summed E-state index contributed by atoms with van der Waals surface area (Å²) in [6, 6.07) is 7.85. The smallest absolute Gasteiger partial charge is 0.246 e. The van der Waals surface area contributed by atoms with E-state index >= 15 is 0 Å². The van der Waals surface area contributed by atoms with Gasteiger partial charge in [0.2, 0.25) is 11.8 Å². The van der Waals surface area contributed by atoms with Gasteiger partial charge in [0.05, 0.1) is 7.11 Å². The molecule has 3 fully saturated rings. The average Bonchev–Trinajstić information content (AvgIpc) is 2.85. The van der Waals surface area contributed by atoms with Gasteiger partial charge in [0.25, 0.3) is 0 Å². The van der Waals surface area contributed by atoms with E-state index in [4.69, 9.17) is 4.74 Å². The van der Waals surface area contributed by atoms with E-state index in [2.05, 4.69) is 29.3 Å². The second-order valence-electron chi connectivity index (χ2n) is 10.3. The number of hydrogen-bond acceptors (Lipinski definition) is 4. The Hall–Kier alpha value is -1.79. The Bertz CT molecular complexity index is 802. The minimum Gasteiger partial charge on any atom is -0.497 e. The highest BCUT2D eigenvalue weighted by Gasteiger charge is 2.53. The number of piperazine rings is 1. The lowest BCUT2D eigenvalue weighted by Gasteiger charge is -2.52. The van der Waals surface area contributed by atoms with Crippen molar-refractivity contribution in [2.45, 2.75) is 89.3 Å². The predicted molar refractivity (Wildman–Crippen MR) is 137 cm³/mol. The number of halogens is 1. The molecule has 4 rings (SSSR count). The molecule has 1 N–H and O–H groups in total. The molecule has 3 aliphatic rings.